The molecule has 1 saturated heterocycles. The van der Waals surface area contributed by atoms with Crippen molar-refractivity contribution >= 4 is 17.6 Å². The lowest BCUT2D eigenvalue weighted by atomic mass is 10.2. The van der Waals surface area contributed by atoms with E-state index in [2.05, 4.69) is 60.7 Å². The highest BCUT2D eigenvalue weighted by Gasteiger charge is 2.16. The molecule has 0 saturated carbocycles. The van der Waals surface area contributed by atoms with Crippen molar-refractivity contribution in [2.45, 2.75) is 25.8 Å². The van der Waals surface area contributed by atoms with Crippen LogP contribution in [0.2, 0.25) is 5.15 Å². The molecule has 0 unspecified atom stereocenters. The first-order valence-electron chi connectivity index (χ1n) is 11.3. The summed E-state index contributed by atoms with van der Waals surface area (Å²) in [6.07, 6.45) is 5.06. The number of rotatable bonds is 10. The molecule has 1 aromatic heterocycles. The number of aromatic nitrogens is 1. The fourth-order valence-corrected chi connectivity index (χ4v) is 3.89. The van der Waals surface area contributed by atoms with Crippen LogP contribution in [-0.2, 0) is 13.0 Å². The summed E-state index contributed by atoms with van der Waals surface area (Å²) in [5.74, 6) is 0.858. The van der Waals surface area contributed by atoms with Crippen LogP contribution >= 0.6 is 11.6 Å². The Morgan fingerprint density at radius 3 is 2.39 bits per heavy atom. The van der Waals surface area contributed by atoms with E-state index in [-0.39, 0.29) is 0 Å². The molecule has 2 heterocycles. The Morgan fingerprint density at radius 2 is 1.68 bits per heavy atom. The van der Waals surface area contributed by atoms with Crippen molar-refractivity contribution in [3.63, 3.8) is 0 Å². The molecule has 0 amide bonds. The second kappa shape index (κ2) is 13.3. The molecule has 0 aliphatic carbocycles. The Labute approximate surface area is 191 Å². The number of hydrogen-bond donors (Lipinski definition) is 2. The summed E-state index contributed by atoms with van der Waals surface area (Å²) in [4.78, 5) is 13.6. The van der Waals surface area contributed by atoms with Gasteiger partial charge in [-0.05, 0) is 43.0 Å². The number of pyridine rings is 1. The SMILES string of the molecule is CN=C(NCCCCN1CCN(Cc2ccccc2)CC1)NCCc1ccc(Cl)nc1. The molecule has 2 aromatic rings. The van der Waals surface area contributed by atoms with Crippen LogP contribution in [0.4, 0.5) is 0 Å². The number of halogens is 1. The molecule has 0 atom stereocenters. The van der Waals surface area contributed by atoms with E-state index in [0.717, 1.165) is 57.1 Å². The molecule has 0 radical (unpaired) electrons. The topological polar surface area (TPSA) is 55.8 Å². The van der Waals surface area contributed by atoms with Gasteiger partial charge in [-0.25, -0.2) is 4.98 Å². The monoisotopic (exact) mass is 442 g/mol. The van der Waals surface area contributed by atoms with E-state index in [1.165, 1.54) is 31.6 Å². The van der Waals surface area contributed by atoms with Gasteiger partial charge in [-0.3, -0.25) is 9.89 Å². The summed E-state index contributed by atoms with van der Waals surface area (Å²) in [6.45, 7) is 8.66. The molecule has 3 rings (SSSR count). The second-order valence-electron chi connectivity index (χ2n) is 7.98. The maximum absolute atomic E-state index is 5.83. The highest BCUT2D eigenvalue weighted by Crippen LogP contribution is 2.09. The van der Waals surface area contributed by atoms with Crippen LogP contribution in [0, 0.1) is 0 Å². The van der Waals surface area contributed by atoms with Gasteiger partial charge in [0.2, 0.25) is 0 Å². The lowest BCUT2D eigenvalue weighted by Gasteiger charge is -2.34. The Morgan fingerprint density at radius 1 is 0.935 bits per heavy atom. The predicted octanol–water partition coefficient (Wildman–Crippen LogP) is 3.04. The number of unbranched alkanes of at least 4 members (excludes halogenated alkanes) is 1. The molecule has 0 spiro atoms. The molecule has 1 fully saturated rings. The number of nitrogens with one attached hydrogen (secondary N) is 2. The fraction of sp³-hybridized carbons (Fsp3) is 0.500. The molecule has 0 bridgehead atoms. The minimum Gasteiger partial charge on any atom is -0.356 e. The molecule has 6 nitrogen and oxygen atoms in total. The number of aliphatic imine (C=N–C) groups is 1. The molecule has 1 aliphatic heterocycles. The van der Waals surface area contributed by atoms with Gasteiger partial charge in [0.25, 0.3) is 0 Å². The minimum absolute atomic E-state index is 0.531. The van der Waals surface area contributed by atoms with Crippen LogP contribution in [0.25, 0.3) is 0 Å². The van der Waals surface area contributed by atoms with E-state index in [9.17, 15) is 0 Å². The van der Waals surface area contributed by atoms with Gasteiger partial charge in [-0.1, -0.05) is 48.0 Å². The second-order valence-corrected chi connectivity index (χ2v) is 8.36. The van der Waals surface area contributed by atoms with E-state index in [1.807, 2.05) is 25.4 Å². The Balaban J connectivity index is 1.21. The van der Waals surface area contributed by atoms with Gasteiger partial charge in [0.1, 0.15) is 5.15 Å². The lowest BCUT2D eigenvalue weighted by molar-refractivity contribution is 0.126. The summed E-state index contributed by atoms with van der Waals surface area (Å²) in [5.41, 5.74) is 2.57. The van der Waals surface area contributed by atoms with Gasteiger partial charge in [0.15, 0.2) is 5.96 Å². The standard InChI is InChI=1S/C24H35ClN6/c1-26-24(28-13-11-21-9-10-23(25)29-19-21)27-12-5-6-14-30-15-17-31(18-16-30)20-22-7-3-2-4-8-22/h2-4,7-10,19H,5-6,11-18,20H2,1H3,(H2,26,27,28). The van der Waals surface area contributed by atoms with Crippen LogP contribution in [0.1, 0.15) is 24.0 Å². The largest absolute Gasteiger partial charge is 0.356 e. The van der Waals surface area contributed by atoms with Crippen LogP contribution in [0.15, 0.2) is 53.7 Å². The van der Waals surface area contributed by atoms with Crippen molar-refractivity contribution in [2.75, 3.05) is 52.9 Å². The van der Waals surface area contributed by atoms with E-state index >= 15 is 0 Å². The predicted molar refractivity (Wildman–Crippen MR) is 130 cm³/mol. The normalized spacial score (nSPS) is 15.7. The van der Waals surface area contributed by atoms with Crippen molar-refractivity contribution in [1.29, 1.82) is 0 Å². The minimum atomic E-state index is 0.531. The average molecular weight is 443 g/mol. The van der Waals surface area contributed by atoms with E-state index in [4.69, 9.17) is 11.6 Å². The van der Waals surface area contributed by atoms with Gasteiger partial charge in [-0.15, -0.1) is 0 Å². The molecule has 1 aromatic carbocycles. The van der Waals surface area contributed by atoms with Crippen molar-refractivity contribution < 1.29 is 0 Å². The zero-order valence-corrected chi connectivity index (χ0v) is 19.3. The first-order chi connectivity index (χ1) is 15.2. The molecular formula is C24H35ClN6. The highest BCUT2D eigenvalue weighted by molar-refractivity contribution is 6.29. The molecule has 2 N–H and O–H groups in total. The van der Waals surface area contributed by atoms with Crippen LogP contribution in [0.5, 0.6) is 0 Å². The maximum atomic E-state index is 5.83. The third kappa shape index (κ3) is 8.85. The fourth-order valence-electron chi connectivity index (χ4n) is 3.78. The molecule has 168 valence electrons. The van der Waals surface area contributed by atoms with Gasteiger partial charge in [0, 0.05) is 59.1 Å². The molecule has 1 aliphatic rings. The maximum Gasteiger partial charge on any atom is 0.190 e. The summed E-state index contributed by atoms with van der Waals surface area (Å²) in [6, 6.07) is 14.6. The number of guanidine groups is 1. The van der Waals surface area contributed by atoms with E-state index < -0.39 is 0 Å². The van der Waals surface area contributed by atoms with E-state index in [1.54, 1.807) is 0 Å². The Bertz CT molecular complexity index is 772. The lowest BCUT2D eigenvalue weighted by Crippen LogP contribution is -2.46. The molecule has 31 heavy (non-hydrogen) atoms. The van der Waals surface area contributed by atoms with Gasteiger partial charge < -0.3 is 15.5 Å². The highest BCUT2D eigenvalue weighted by atomic mass is 35.5. The number of piperazine rings is 1. The molecule has 7 heteroatoms. The summed E-state index contributed by atoms with van der Waals surface area (Å²) >= 11 is 5.83. The Hall–Kier alpha value is -2.15. The smallest absolute Gasteiger partial charge is 0.190 e. The Kier molecular flexibility index (Phi) is 10.1. The summed E-state index contributed by atoms with van der Waals surface area (Å²) in [5, 5.41) is 7.30. The van der Waals surface area contributed by atoms with Crippen molar-refractivity contribution in [1.82, 2.24) is 25.4 Å². The van der Waals surface area contributed by atoms with Gasteiger partial charge in [-0.2, -0.15) is 0 Å². The van der Waals surface area contributed by atoms with Crippen molar-refractivity contribution in [3.8, 4) is 0 Å². The number of hydrogen-bond acceptors (Lipinski definition) is 4. The van der Waals surface area contributed by atoms with Crippen molar-refractivity contribution in [3.05, 3.63) is 64.9 Å². The van der Waals surface area contributed by atoms with Crippen molar-refractivity contribution in [2.24, 2.45) is 4.99 Å². The van der Waals surface area contributed by atoms with Gasteiger partial charge >= 0.3 is 0 Å². The average Bonchev–Trinajstić information content (AvgIpc) is 2.80. The van der Waals surface area contributed by atoms with Crippen LogP contribution in [0.3, 0.4) is 0 Å². The van der Waals surface area contributed by atoms with E-state index in [0.29, 0.717) is 5.15 Å². The first kappa shape index (κ1) is 23.5. The number of nitrogens with zero attached hydrogens (tertiary/aromatic N) is 4. The van der Waals surface area contributed by atoms with Gasteiger partial charge in [0.05, 0.1) is 0 Å². The zero-order chi connectivity index (χ0) is 21.7. The zero-order valence-electron chi connectivity index (χ0n) is 18.6. The quantitative estimate of drug-likeness (QED) is 0.256. The third-order valence-corrected chi connectivity index (χ3v) is 5.85. The summed E-state index contributed by atoms with van der Waals surface area (Å²) < 4.78 is 0. The summed E-state index contributed by atoms with van der Waals surface area (Å²) in [7, 11) is 1.81. The first-order valence-corrected chi connectivity index (χ1v) is 11.6. The number of benzene rings is 1. The molecular weight excluding hydrogens is 408 g/mol. The third-order valence-electron chi connectivity index (χ3n) is 5.63. The van der Waals surface area contributed by atoms with Crippen LogP contribution < -0.4 is 10.6 Å². The van der Waals surface area contributed by atoms with Crippen LogP contribution in [-0.4, -0.2) is 73.6 Å².